The zero-order valence-electron chi connectivity index (χ0n) is 15.0. The van der Waals surface area contributed by atoms with Gasteiger partial charge in [-0.2, -0.15) is 13.2 Å². The third-order valence-corrected chi connectivity index (χ3v) is 4.55. The lowest BCUT2D eigenvalue weighted by Gasteiger charge is -2.16. The van der Waals surface area contributed by atoms with Gasteiger partial charge in [0.1, 0.15) is 5.58 Å². The highest BCUT2D eigenvalue weighted by atomic mass is 19.4. The lowest BCUT2D eigenvalue weighted by molar-refractivity contribution is -0.137. The molecule has 2 aromatic rings. The van der Waals surface area contributed by atoms with Crippen LogP contribution in [0.5, 0.6) is 0 Å². The highest BCUT2D eigenvalue weighted by Crippen LogP contribution is 2.35. The molecule has 1 aromatic carbocycles. The second-order valence-corrected chi connectivity index (χ2v) is 6.49. The minimum atomic E-state index is -4.43. The topological polar surface area (TPSA) is 30.2 Å². The molecule has 1 heterocycles. The van der Waals surface area contributed by atoms with Crippen molar-refractivity contribution in [2.75, 3.05) is 0 Å². The Balaban J connectivity index is 0.000000120. The molecule has 5 heteroatoms. The molecule has 0 amide bonds. The fourth-order valence-corrected chi connectivity index (χ4v) is 2.82. The van der Waals surface area contributed by atoms with Crippen LogP contribution in [0.25, 0.3) is 33.2 Å². The molecule has 4 aliphatic carbocycles. The Morgan fingerprint density at radius 2 is 1.55 bits per heavy atom. The number of terminal acetylenes is 1. The van der Waals surface area contributed by atoms with Crippen LogP contribution in [-0.4, -0.2) is 0 Å². The zero-order valence-corrected chi connectivity index (χ0v) is 15.0. The molecule has 0 radical (unpaired) electrons. The predicted octanol–water partition coefficient (Wildman–Crippen LogP) is 6.13. The zero-order chi connectivity index (χ0) is 20.6. The van der Waals surface area contributed by atoms with Gasteiger partial charge in [-0.15, -0.1) is 6.42 Å². The molecular weight excluding hydrogens is 377 g/mol. The molecule has 0 spiro atoms. The molecule has 0 unspecified atom stereocenters. The summed E-state index contributed by atoms with van der Waals surface area (Å²) in [5.41, 5.74) is 4.95. The maximum Gasteiger partial charge on any atom is 0.416 e. The van der Waals surface area contributed by atoms with Crippen LogP contribution in [0.1, 0.15) is 11.1 Å². The number of fused-ring (bicyclic) bond motifs is 3. The molecule has 142 valence electrons. The molecule has 0 saturated heterocycles. The van der Waals surface area contributed by atoms with Crippen LogP contribution >= 0.6 is 0 Å². The van der Waals surface area contributed by atoms with E-state index in [4.69, 9.17) is 6.42 Å². The van der Waals surface area contributed by atoms with Crippen LogP contribution in [0.15, 0.2) is 82.0 Å². The fraction of sp³-hybridized carbons (Fsp3) is 0.0417. The largest absolute Gasteiger partial charge is 0.423 e. The summed E-state index contributed by atoms with van der Waals surface area (Å²) in [5.74, 6) is 2.58. The van der Waals surface area contributed by atoms with Crippen molar-refractivity contribution >= 4 is 11.0 Å². The summed E-state index contributed by atoms with van der Waals surface area (Å²) in [6, 6.07) is 20.2. The Hall–Kier alpha value is -3.78. The van der Waals surface area contributed by atoms with Gasteiger partial charge in [-0.25, -0.2) is 4.79 Å². The summed E-state index contributed by atoms with van der Waals surface area (Å²) < 4.78 is 41.5. The van der Waals surface area contributed by atoms with E-state index < -0.39 is 17.4 Å². The molecule has 4 aliphatic rings. The minimum Gasteiger partial charge on any atom is -0.423 e. The van der Waals surface area contributed by atoms with Crippen molar-refractivity contribution in [1.29, 1.82) is 0 Å². The van der Waals surface area contributed by atoms with Gasteiger partial charge in [0, 0.05) is 17.0 Å². The standard InChI is InChI=1S/C10H5F3O2.C8H4.C6H4/c11-10(12,13)7-3-1-6-2-4-9(14)15-8(6)5-7;1-2-6-5-7-3-4-8(6)7;1-2-5-4-6(5)3-1/h1-5H;1,3-5H;1-4H. The number of rotatable bonds is 0. The van der Waals surface area contributed by atoms with Crippen LogP contribution in [0, 0.1) is 12.3 Å². The van der Waals surface area contributed by atoms with E-state index in [0.29, 0.717) is 5.39 Å². The molecule has 0 saturated carbocycles. The first-order valence-electron chi connectivity index (χ1n) is 8.68. The van der Waals surface area contributed by atoms with E-state index in [1.807, 2.05) is 12.1 Å². The van der Waals surface area contributed by atoms with Gasteiger partial charge in [-0.3, -0.25) is 0 Å². The Bertz CT molecular complexity index is 1310. The van der Waals surface area contributed by atoms with Crippen molar-refractivity contribution in [3.05, 3.63) is 94.3 Å². The number of benzene rings is 3. The molecule has 1 aromatic heterocycles. The SMILES string of the molecule is C#Cc1cc2ccc1-2.O=c1ccc2ccc(C(F)(F)F)cc2o1.c1cc2cc-2c1. The van der Waals surface area contributed by atoms with E-state index in [1.54, 1.807) is 0 Å². The fourth-order valence-electron chi connectivity index (χ4n) is 2.82. The first-order valence-corrected chi connectivity index (χ1v) is 8.68. The van der Waals surface area contributed by atoms with Gasteiger partial charge in [0.2, 0.25) is 0 Å². The van der Waals surface area contributed by atoms with Crippen LogP contribution in [0.2, 0.25) is 0 Å². The molecule has 0 atom stereocenters. The number of hydrogen-bond acceptors (Lipinski definition) is 2. The molecule has 29 heavy (non-hydrogen) atoms. The summed E-state index contributed by atoms with van der Waals surface area (Å²) >= 11 is 0. The second kappa shape index (κ2) is 6.99. The van der Waals surface area contributed by atoms with Gasteiger partial charge in [-0.05, 0) is 52.6 Å². The van der Waals surface area contributed by atoms with Gasteiger partial charge >= 0.3 is 11.8 Å². The summed E-state index contributed by atoms with van der Waals surface area (Å²) in [7, 11) is 0. The maximum atomic E-state index is 12.3. The summed E-state index contributed by atoms with van der Waals surface area (Å²) in [6.45, 7) is 0. The van der Waals surface area contributed by atoms with Crippen molar-refractivity contribution < 1.29 is 17.6 Å². The smallest absolute Gasteiger partial charge is 0.416 e. The predicted molar refractivity (Wildman–Crippen MR) is 106 cm³/mol. The summed E-state index contributed by atoms with van der Waals surface area (Å²) in [5, 5.41) is 0.461. The normalized spacial score (nSPS) is 11.4. The van der Waals surface area contributed by atoms with Crippen molar-refractivity contribution in [3.8, 4) is 34.6 Å². The van der Waals surface area contributed by atoms with Gasteiger partial charge < -0.3 is 4.42 Å². The monoisotopic (exact) mass is 390 g/mol. The number of halogens is 3. The molecule has 0 aliphatic heterocycles. The van der Waals surface area contributed by atoms with Crippen LogP contribution in [0.4, 0.5) is 13.2 Å². The molecule has 0 fully saturated rings. The number of alkyl halides is 3. The van der Waals surface area contributed by atoms with Crippen molar-refractivity contribution in [1.82, 2.24) is 0 Å². The van der Waals surface area contributed by atoms with Crippen molar-refractivity contribution in [2.45, 2.75) is 6.18 Å². The number of hydrogen-bond donors (Lipinski definition) is 0. The van der Waals surface area contributed by atoms with Gasteiger partial charge in [0.05, 0.1) is 5.56 Å². The molecular formula is C24H13F3O2. The van der Waals surface area contributed by atoms with Crippen LogP contribution in [-0.2, 0) is 6.18 Å². The Kier molecular flexibility index (Phi) is 4.48. The van der Waals surface area contributed by atoms with E-state index >= 15 is 0 Å². The van der Waals surface area contributed by atoms with Crippen molar-refractivity contribution in [3.63, 3.8) is 0 Å². The van der Waals surface area contributed by atoms with Gasteiger partial charge in [0.15, 0.2) is 0 Å². The van der Waals surface area contributed by atoms with E-state index in [-0.39, 0.29) is 5.58 Å². The van der Waals surface area contributed by atoms with Crippen LogP contribution < -0.4 is 5.63 Å². The molecule has 0 N–H and O–H groups in total. The molecule has 0 bridgehead atoms. The summed E-state index contributed by atoms with van der Waals surface area (Å²) in [6.07, 6.45) is 0.706. The van der Waals surface area contributed by atoms with E-state index in [9.17, 15) is 18.0 Å². The quantitative estimate of drug-likeness (QED) is 0.231. The third-order valence-electron chi connectivity index (χ3n) is 4.55. The van der Waals surface area contributed by atoms with Gasteiger partial charge in [0.25, 0.3) is 0 Å². The van der Waals surface area contributed by atoms with E-state index in [1.165, 1.54) is 34.4 Å². The average Bonchev–Trinajstić information content (AvgIpc) is 3.28. The molecule has 6 rings (SSSR count). The van der Waals surface area contributed by atoms with E-state index in [0.717, 1.165) is 23.8 Å². The third kappa shape index (κ3) is 3.92. The maximum absolute atomic E-state index is 12.3. The highest BCUT2D eigenvalue weighted by molar-refractivity contribution is 5.84. The van der Waals surface area contributed by atoms with E-state index in [2.05, 4.69) is 40.7 Å². The minimum absolute atomic E-state index is 0.0580. The first-order chi connectivity index (χ1) is 13.8. The average molecular weight is 390 g/mol. The Morgan fingerprint density at radius 3 is 1.97 bits per heavy atom. The van der Waals surface area contributed by atoms with Crippen LogP contribution in [0.3, 0.4) is 0 Å². The summed E-state index contributed by atoms with van der Waals surface area (Å²) in [4.78, 5) is 10.8. The molecule has 2 nitrogen and oxygen atoms in total. The van der Waals surface area contributed by atoms with Gasteiger partial charge in [-0.1, -0.05) is 42.3 Å². The lowest BCUT2D eigenvalue weighted by atomic mass is 9.87. The Morgan fingerprint density at radius 1 is 0.828 bits per heavy atom. The Labute approximate surface area is 164 Å². The van der Waals surface area contributed by atoms with Crippen molar-refractivity contribution in [2.24, 2.45) is 0 Å². The highest BCUT2D eigenvalue weighted by Gasteiger charge is 2.30. The first kappa shape index (κ1) is 18.6. The second-order valence-electron chi connectivity index (χ2n) is 6.49. The lowest BCUT2D eigenvalue weighted by Crippen LogP contribution is -2.04.